The Morgan fingerprint density at radius 1 is 1.06 bits per heavy atom. The minimum absolute atomic E-state index is 0.116. The number of hydrogen-bond donors (Lipinski definition) is 2. The van der Waals surface area contributed by atoms with E-state index < -0.39 is 10.0 Å². The number of imidazole rings is 1. The molecule has 0 spiro atoms. The van der Waals surface area contributed by atoms with Crippen molar-refractivity contribution in [1.29, 1.82) is 0 Å². The lowest BCUT2D eigenvalue weighted by atomic mass is 10.2. The average molecular weight is 490 g/mol. The van der Waals surface area contributed by atoms with Crippen LogP contribution >= 0.6 is 11.8 Å². The van der Waals surface area contributed by atoms with Crippen molar-refractivity contribution in [3.8, 4) is 0 Å². The second-order valence-electron chi connectivity index (χ2n) is 7.72. The number of carbonyl (C=O) groups is 2. The summed E-state index contributed by atoms with van der Waals surface area (Å²) in [5, 5.41) is 0. The van der Waals surface area contributed by atoms with Gasteiger partial charge in [-0.3, -0.25) is 20.4 Å². The third kappa shape index (κ3) is 6.12. The van der Waals surface area contributed by atoms with E-state index in [0.717, 1.165) is 20.3 Å². The Kier molecular flexibility index (Phi) is 7.77. The first kappa shape index (κ1) is 24.7. The van der Waals surface area contributed by atoms with Crippen LogP contribution in [0.3, 0.4) is 0 Å². The molecule has 3 aromatic rings. The summed E-state index contributed by atoms with van der Waals surface area (Å²) in [5.41, 5.74) is 7.29. The number of benzene rings is 2. The predicted octanol–water partition coefficient (Wildman–Crippen LogP) is 2.00. The fraction of sp³-hybridized carbons (Fsp3) is 0.318. The van der Waals surface area contributed by atoms with Crippen LogP contribution in [-0.4, -0.2) is 53.9 Å². The number of aryl methyl sites for hydroxylation is 3. The summed E-state index contributed by atoms with van der Waals surface area (Å²) in [7, 11) is 1.20. The summed E-state index contributed by atoms with van der Waals surface area (Å²) in [6, 6.07) is 12.6. The monoisotopic (exact) mass is 489 g/mol. The van der Waals surface area contributed by atoms with Crippen LogP contribution in [0.2, 0.25) is 0 Å². The van der Waals surface area contributed by atoms with Crippen LogP contribution in [0.5, 0.6) is 0 Å². The second kappa shape index (κ2) is 10.4. The molecule has 1 heterocycles. The Hall–Kier alpha value is -2.89. The van der Waals surface area contributed by atoms with Gasteiger partial charge < -0.3 is 4.57 Å². The molecule has 176 valence electrons. The molecule has 0 fully saturated rings. The van der Waals surface area contributed by atoms with Crippen molar-refractivity contribution in [2.24, 2.45) is 7.05 Å². The van der Waals surface area contributed by atoms with E-state index in [-0.39, 0.29) is 28.9 Å². The summed E-state index contributed by atoms with van der Waals surface area (Å²) in [5.74, 6) is 0.186. The number of carbonyl (C=O) groups excluding carboxylic acids is 2. The van der Waals surface area contributed by atoms with E-state index in [2.05, 4.69) is 15.8 Å². The van der Waals surface area contributed by atoms with E-state index in [0.29, 0.717) is 17.8 Å². The molecule has 0 unspecified atom stereocenters. The third-order valence-corrected chi connectivity index (χ3v) is 7.85. The zero-order chi connectivity index (χ0) is 24.2. The van der Waals surface area contributed by atoms with Gasteiger partial charge in [0.15, 0.2) is 0 Å². The first-order valence-corrected chi connectivity index (χ1v) is 12.7. The fourth-order valence-electron chi connectivity index (χ4n) is 3.07. The highest BCUT2D eigenvalue weighted by molar-refractivity contribution is 8.00. The van der Waals surface area contributed by atoms with Gasteiger partial charge in [-0.1, -0.05) is 17.7 Å². The Balaban J connectivity index is 1.53. The van der Waals surface area contributed by atoms with E-state index in [4.69, 9.17) is 0 Å². The molecule has 0 saturated heterocycles. The van der Waals surface area contributed by atoms with Crippen molar-refractivity contribution in [3.05, 3.63) is 53.9 Å². The summed E-state index contributed by atoms with van der Waals surface area (Å²) in [6.45, 7) is 2.00. The van der Waals surface area contributed by atoms with Crippen LogP contribution < -0.4 is 10.9 Å². The zero-order valence-corrected chi connectivity index (χ0v) is 20.6. The Morgan fingerprint density at radius 2 is 1.73 bits per heavy atom. The first-order valence-electron chi connectivity index (χ1n) is 10.2. The zero-order valence-electron chi connectivity index (χ0n) is 19.0. The van der Waals surface area contributed by atoms with E-state index >= 15 is 0 Å². The standard InChI is InChI=1S/C22H27N5O4S2/c1-15-5-7-16(8-6-15)32-14-22(29)25-24-21(28)12-11-20-23-18-13-17(33(30,31)26(2)3)9-10-19(18)27(20)4/h5-10,13H,11-12,14H2,1-4H3,(H,24,28)(H,25,29). The molecule has 0 atom stereocenters. The third-order valence-electron chi connectivity index (χ3n) is 5.03. The van der Waals surface area contributed by atoms with E-state index in [1.54, 1.807) is 12.1 Å². The van der Waals surface area contributed by atoms with Gasteiger partial charge in [0.1, 0.15) is 5.82 Å². The Morgan fingerprint density at radius 3 is 2.39 bits per heavy atom. The van der Waals surface area contributed by atoms with Gasteiger partial charge in [0.05, 0.1) is 21.7 Å². The van der Waals surface area contributed by atoms with Crippen molar-refractivity contribution < 1.29 is 18.0 Å². The van der Waals surface area contributed by atoms with Gasteiger partial charge in [0.2, 0.25) is 21.8 Å². The molecule has 2 N–H and O–H groups in total. The number of sulfonamides is 1. The average Bonchev–Trinajstić information content (AvgIpc) is 3.10. The topological polar surface area (TPSA) is 113 Å². The van der Waals surface area contributed by atoms with E-state index in [9.17, 15) is 18.0 Å². The van der Waals surface area contributed by atoms with Crippen LogP contribution in [-0.2, 0) is 33.1 Å². The summed E-state index contributed by atoms with van der Waals surface area (Å²) in [4.78, 5) is 29.8. The molecule has 3 rings (SSSR count). The molecule has 33 heavy (non-hydrogen) atoms. The lowest BCUT2D eigenvalue weighted by Crippen LogP contribution is -2.42. The van der Waals surface area contributed by atoms with Crippen LogP contribution in [0.25, 0.3) is 11.0 Å². The number of thioether (sulfide) groups is 1. The SMILES string of the molecule is Cc1ccc(SCC(=O)NNC(=O)CCc2nc3cc(S(=O)(=O)N(C)C)ccc3n2C)cc1. The van der Waals surface area contributed by atoms with Gasteiger partial charge in [-0.15, -0.1) is 11.8 Å². The molecular formula is C22H27N5O4S2. The van der Waals surface area contributed by atoms with Gasteiger partial charge in [-0.2, -0.15) is 0 Å². The highest BCUT2D eigenvalue weighted by Crippen LogP contribution is 2.22. The van der Waals surface area contributed by atoms with Crippen LogP contribution in [0.1, 0.15) is 17.8 Å². The molecule has 0 saturated carbocycles. The van der Waals surface area contributed by atoms with Gasteiger partial charge >= 0.3 is 0 Å². The van der Waals surface area contributed by atoms with Gasteiger partial charge in [0.25, 0.3) is 0 Å². The second-order valence-corrected chi connectivity index (χ2v) is 10.9. The minimum Gasteiger partial charge on any atom is -0.331 e. The molecule has 2 amide bonds. The maximum absolute atomic E-state index is 12.4. The molecule has 0 bridgehead atoms. The summed E-state index contributed by atoms with van der Waals surface area (Å²) >= 11 is 1.39. The number of aromatic nitrogens is 2. The predicted molar refractivity (Wildman–Crippen MR) is 128 cm³/mol. The van der Waals surface area contributed by atoms with Crippen LogP contribution in [0, 0.1) is 6.92 Å². The molecular weight excluding hydrogens is 462 g/mol. The lowest BCUT2D eigenvalue weighted by Gasteiger charge is -2.10. The van der Waals surface area contributed by atoms with Crippen molar-refractivity contribution in [3.63, 3.8) is 0 Å². The molecule has 11 heteroatoms. The summed E-state index contributed by atoms with van der Waals surface area (Å²) < 4.78 is 27.7. The van der Waals surface area contributed by atoms with Crippen LogP contribution in [0.4, 0.5) is 0 Å². The van der Waals surface area contributed by atoms with Crippen molar-refractivity contribution >= 4 is 44.6 Å². The van der Waals surface area contributed by atoms with Gasteiger partial charge in [-0.05, 0) is 37.3 Å². The number of fused-ring (bicyclic) bond motifs is 1. The van der Waals surface area contributed by atoms with E-state index in [1.807, 2.05) is 42.8 Å². The number of nitrogens with zero attached hydrogens (tertiary/aromatic N) is 3. The Labute approximate surface area is 197 Å². The first-order chi connectivity index (χ1) is 15.6. The highest BCUT2D eigenvalue weighted by Gasteiger charge is 2.19. The Bertz CT molecular complexity index is 1270. The van der Waals surface area contributed by atoms with Crippen molar-refractivity contribution in [1.82, 2.24) is 24.7 Å². The van der Waals surface area contributed by atoms with Crippen molar-refractivity contribution in [2.45, 2.75) is 29.6 Å². The highest BCUT2D eigenvalue weighted by atomic mass is 32.2. The molecule has 0 aliphatic heterocycles. The number of hydrazine groups is 1. The van der Waals surface area contributed by atoms with Crippen LogP contribution in [0.15, 0.2) is 52.3 Å². The minimum atomic E-state index is -3.56. The number of nitrogens with one attached hydrogen (secondary N) is 2. The van der Waals surface area contributed by atoms with E-state index in [1.165, 1.54) is 31.9 Å². The molecule has 1 aromatic heterocycles. The van der Waals surface area contributed by atoms with Crippen molar-refractivity contribution in [2.75, 3.05) is 19.8 Å². The molecule has 0 aliphatic rings. The molecule has 9 nitrogen and oxygen atoms in total. The van der Waals surface area contributed by atoms with Gasteiger partial charge in [-0.25, -0.2) is 17.7 Å². The molecule has 0 aliphatic carbocycles. The quantitative estimate of drug-likeness (QED) is 0.370. The fourth-order valence-corrected chi connectivity index (χ4v) is 4.69. The van der Waals surface area contributed by atoms with Gasteiger partial charge in [0, 0.05) is 38.9 Å². The summed E-state index contributed by atoms with van der Waals surface area (Å²) in [6.07, 6.45) is 0.451. The maximum atomic E-state index is 12.4. The normalized spacial score (nSPS) is 11.7. The lowest BCUT2D eigenvalue weighted by molar-refractivity contribution is -0.127. The number of rotatable bonds is 8. The largest absolute Gasteiger partial charge is 0.331 e. The molecule has 0 radical (unpaired) electrons. The molecule has 2 aromatic carbocycles. The smallest absolute Gasteiger partial charge is 0.248 e. The maximum Gasteiger partial charge on any atom is 0.248 e. The number of amides is 2. The number of hydrogen-bond acceptors (Lipinski definition) is 6.